The third-order valence-electron chi connectivity index (χ3n) is 3.05. The Morgan fingerprint density at radius 2 is 1.90 bits per heavy atom. The molecule has 0 aliphatic carbocycles. The summed E-state index contributed by atoms with van der Waals surface area (Å²) >= 11 is 0. The fourth-order valence-electron chi connectivity index (χ4n) is 2.05. The van der Waals surface area contributed by atoms with Gasteiger partial charge in [0.25, 0.3) is 0 Å². The Bertz CT molecular complexity index is 451. The Morgan fingerprint density at radius 1 is 1.24 bits per heavy atom. The number of aryl methyl sites for hydroxylation is 1. The van der Waals surface area contributed by atoms with Gasteiger partial charge in [0, 0.05) is 5.56 Å². The zero-order chi connectivity index (χ0) is 16.0. The van der Waals surface area contributed by atoms with Crippen LogP contribution in [0.4, 0.5) is 17.6 Å². The van der Waals surface area contributed by atoms with Crippen LogP contribution in [0.15, 0.2) is 18.2 Å². The van der Waals surface area contributed by atoms with Crippen LogP contribution in [0.25, 0.3) is 0 Å². The maximum absolute atomic E-state index is 13.9. The first kappa shape index (κ1) is 17.8. The second-order valence-corrected chi connectivity index (χ2v) is 4.84. The number of benzene rings is 1. The molecule has 0 saturated carbocycles. The summed E-state index contributed by atoms with van der Waals surface area (Å²) < 4.78 is 58.6. The van der Waals surface area contributed by atoms with Crippen molar-refractivity contribution in [2.24, 2.45) is 0 Å². The summed E-state index contributed by atoms with van der Waals surface area (Å²) in [5, 5.41) is 2.52. The van der Waals surface area contributed by atoms with Crippen LogP contribution >= 0.6 is 0 Å². The molecule has 6 heteroatoms. The molecule has 0 aliphatic rings. The van der Waals surface area contributed by atoms with Gasteiger partial charge in [-0.2, -0.15) is 8.78 Å². The van der Waals surface area contributed by atoms with Crippen molar-refractivity contribution in [2.75, 3.05) is 13.2 Å². The van der Waals surface area contributed by atoms with Crippen molar-refractivity contribution in [1.82, 2.24) is 5.32 Å². The summed E-state index contributed by atoms with van der Waals surface area (Å²) in [4.78, 5) is 0. The zero-order valence-corrected chi connectivity index (χ0v) is 12.4. The smallest absolute Gasteiger partial charge is 0.326 e. The van der Waals surface area contributed by atoms with Gasteiger partial charge in [0.15, 0.2) is 0 Å². The van der Waals surface area contributed by atoms with Gasteiger partial charge in [-0.3, -0.25) is 0 Å². The molecule has 0 heterocycles. The summed E-state index contributed by atoms with van der Waals surface area (Å²) in [6, 6.07) is 2.93. The minimum Gasteiger partial charge on any atom is -0.494 e. The number of rotatable bonds is 8. The lowest BCUT2D eigenvalue weighted by molar-refractivity contribution is -0.151. The number of halogens is 4. The molecule has 120 valence electrons. The van der Waals surface area contributed by atoms with Gasteiger partial charge in [0.2, 0.25) is 0 Å². The highest BCUT2D eigenvalue weighted by atomic mass is 19.3. The van der Waals surface area contributed by atoms with E-state index < -0.39 is 18.4 Å². The molecular formula is C15H21F4NO. The SMILES string of the molecule is CCCNC(c1cc(C)ccc1OCC)C(F)(F)C(F)F. The first-order chi connectivity index (χ1) is 9.84. The summed E-state index contributed by atoms with van der Waals surface area (Å²) in [6.45, 7) is 5.70. The Hall–Kier alpha value is -1.30. The van der Waals surface area contributed by atoms with Crippen molar-refractivity contribution >= 4 is 0 Å². The molecule has 2 nitrogen and oxygen atoms in total. The van der Waals surface area contributed by atoms with E-state index in [1.165, 1.54) is 12.1 Å². The van der Waals surface area contributed by atoms with E-state index in [-0.39, 0.29) is 24.5 Å². The average Bonchev–Trinajstić information content (AvgIpc) is 2.41. The Balaban J connectivity index is 3.27. The van der Waals surface area contributed by atoms with E-state index in [4.69, 9.17) is 4.74 Å². The minimum absolute atomic E-state index is 0.0654. The number of hydrogen-bond donors (Lipinski definition) is 1. The predicted molar refractivity (Wildman–Crippen MR) is 74.3 cm³/mol. The molecule has 21 heavy (non-hydrogen) atoms. The van der Waals surface area contributed by atoms with Crippen LogP contribution in [0, 0.1) is 6.92 Å². The Kier molecular flexibility index (Phi) is 6.45. The number of ether oxygens (including phenoxy) is 1. The molecule has 0 aliphatic heterocycles. The van der Waals surface area contributed by atoms with Gasteiger partial charge < -0.3 is 10.1 Å². The molecule has 0 saturated heterocycles. The molecule has 1 atom stereocenters. The lowest BCUT2D eigenvalue weighted by Crippen LogP contribution is -2.43. The highest BCUT2D eigenvalue weighted by molar-refractivity contribution is 5.40. The standard InChI is InChI=1S/C15H21F4NO/c1-4-8-20-13(15(18,19)14(16)17)11-9-10(3)6-7-12(11)21-5-2/h6-7,9,13-14,20H,4-5,8H2,1-3H3. The van der Waals surface area contributed by atoms with Gasteiger partial charge in [0.1, 0.15) is 11.8 Å². The predicted octanol–water partition coefficient (Wildman–Crippen LogP) is 4.33. The summed E-state index contributed by atoms with van der Waals surface area (Å²) in [7, 11) is 0. The van der Waals surface area contributed by atoms with Gasteiger partial charge in [-0.1, -0.05) is 24.6 Å². The first-order valence-corrected chi connectivity index (χ1v) is 6.97. The van der Waals surface area contributed by atoms with E-state index in [2.05, 4.69) is 5.32 Å². The van der Waals surface area contributed by atoms with E-state index in [1.54, 1.807) is 26.8 Å². The van der Waals surface area contributed by atoms with Crippen molar-refractivity contribution in [3.63, 3.8) is 0 Å². The van der Waals surface area contributed by atoms with Crippen molar-refractivity contribution in [2.45, 2.75) is 45.6 Å². The fraction of sp³-hybridized carbons (Fsp3) is 0.600. The average molecular weight is 307 g/mol. The van der Waals surface area contributed by atoms with Crippen LogP contribution in [-0.4, -0.2) is 25.5 Å². The quantitative estimate of drug-likeness (QED) is 0.722. The largest absolute Gasteiger partial charge is 0.494 e. The highest BCUT2D eigenvalue weighted by Crippen LogP contribution is 2.40. The first-order valence-electron chi connectivity index (χ1n) is 6.97. The van der Waals surface area contributed by atoms with E-state index in [0.29, 0.717) is 12.0 Å². The molecule has 0 bridgehead atoms. The summed E-state index contributed by atoms with van der Waals surface area (Å²) in [5.41, 5.74) is 0.775. The van der Waals surface area contributed by atoms with E-state index >= 15 is 0 Å². The Labute approximate surface area is 122 Å². The minimum atomic E-state index is -4.17. The lowest BCUT2D eigenvalue weighted by Gasteiger charge is -2.29. The molecule has 1 aromatic carbocycles. The lowest BCUT2D eigenvalue weighted by atomic mass is 9.97. The number of nitrogens with one attached hydrogen (secondary N) is 1. The van der Waals surface area contributed by atoms with Gasteiger partial charge in [-0.05, 0) is 32.9 Å². The van der Waals surface area contributed by atoms with Crippen LogP contribution in [0.1, 0.15) is 37.4 Å². The van der Waals surface area contributed by atoms with E-state index in [0.717, 1.165) is 0 Å². The van der Waals surface area contributed by atoms with Crippen molar-refractivity contribution in [3.05, 3.63) is 29.3 Å². The third kappa shape index (κ3) is 4.33. The van der Waals surface area contributed by atoms with Gasteiger partial charge in [-0.15, -0.1) is 0 Å². The topological polar surface area (TPSA) is 21.3 Å². The summed E-state index contributed by atoms with van der Waals surface area (Å²) in [5.74, 6) is -3.97. The molecule has 1 unspecified atom stereocenters. The van der Waals surface area contributed by atoms with Crippen molar-refractivity contribution in [1.29, 1.82) is 0 Å². The molecule has 1 N–H and O–H groups in total. The van der Waals surface area contributed by atoms with Crippen LogP contribution in [0.5, 0.6) is 5.75 Å². The molecule has 0 fully saturated rings. The van der Waals surface area contributed by atoms with Crippen LogP contribution in [0.2, 0.25) is 0 Å². The van der Waals surface area contributed by atoms with Gasteiger partial charge in [0.05, 0.1) is 6.61 Å². The number of alkyl halides is 4. The van der Waals surface area contributed by atoms with E-state index in [1.807, 2.05) is 0 Å². The van der Waals surface area contributed by atoms with Crippen LogP contribution in [0.3, 0.4) is 0 Å². The molecule has 1 aromatic rings. The van der Waals surface area contributed by atoms with Crippen LogP contribution in [-0.2, 0) is 0 Å². The van der Waals surface area contributed by atoms with Crippen LogP contribution < -0.4 is 10.1 Å². The van der Waals surface area contributed by atoms with E-state index in [9.17, 15) is 17.6 Å². The maximum atomic E-state index is 13.9. The number of hydrogen-bond acceptors (Lipinski definition) is 2. The second kappa shape index (κ2) is 7.64. The Morgan fingerprint density at radius 3 is 2.43 bits per heavy atom. The van der Waals surface area contributed by atoms with Gasteiger partial charge in [-0.25, -0.2) is 8.78 Å². The summed E-state index contributed by atoms with van der Waals surface area (Å²) in [6.07, 6.45) is -3.19. The molecule has 0 aromatic heterocycles. The molecular weight excluding hydrogens is 286 g/mol. The highest BCUT2D eigenvalue weighted by Gasteiger charge is 2.50. The van der Waals surface area contributed by atoms with Crippen molar-refractivity contribution < 1.29 is 22.3 Å². The maximum Gasteiger partial charge on any atom is 0.326 e. The fourth-order valence-corrected chi connectivity index (χ4v) is 2.05. The van der Waals surface area contributed by atoms with Gasteiger partial charge >= 0.3 is 12.3 Å². The second-order valence-electron chi connectivity index (χ2n) is 4.84. The molecule has 0 radical (unpaired) electrons. The third-order valence-corrected chi connectivity index (χ3v) is 3.05. The normalized spacial score (nSPS) is 13.5. The zero-order valence-electron chi connectivity index (χ0n) is 12.4. The molecule has 1 rings (SSSR count). The molecule has 0 amide bonds. The van der Waals surface area contributed by atoms with Crippen molar-refractivity contribution in [3.8, 4) is 5.75 Å². The molecule has 0 spiro atoms. The monoisotopic (exact) mass is 307 g/mol.